The van der Waals surface area contributed by atoms with Crippen LogP contribution in [-0.4, -0.2) is 34.6 Å². The summed E-state index contributed by atoms with van der Waals surface area (Å²) in [6.07, 6.45) is 8.17. The second-order valence-corrected chi connectivity index (χ2v) is 13.7. The number of ether oxygens (including phenoxy) is 2. The molecule has 5 aliphatic rings. The number of carbonyl (C=O) groups excluding carboxylic acids is 2. The first-order valence-corrected chi connectivity index (χ1v) is 15.0. The van der Waals surface area contributed by atoms with E-state index in [-0.39, 0.29) is 41.7 Å². The van der Waals surface area contributed by atoms with E-state index < -0.39 is 22.3 Å². The molecule has 6 heteroatoms. The highest BCUT2D eigenvalue weighted by Gasteiger charge is 2.77. The van der Waals surface area contributed by atoms with Crippen molar-refractivity contribution in [3.05, 3.63) is 71.7 Å². The van der Waals surface area contributed by atoms with Gasteiger partial charge in [0.2, 0.25) is 0 Å². The van der Waals surface area contributed by atoms with Crippen LogP contribution >= 0.6 is 0 Å². The molecule has 0 radical (unpaired) electrons. The summed E-state index contributed by atoms with van der Waals surface area (Å²) in [5.41, 5.74) is 4.09. The molecule has 3 aliphatic carbocycles. The molecule has 1 saturated carbocycles. The minimum absolute atomic E-state index is 0.0168. The summed E-state index contributed by atoms with van der Waals surface area (Å²) >= 11 is 0. The molecule has 0 unspecified atom stereocenters. The largest absolute Gasteiger partial charge is 0.464 e. The number of esters is 1. The Bertz CT molecular complexity index is 1720. The van der Waals surface area contributed by atoms with Crippen molar-refractivity contribution in [2.45, 2.75) is 71.7 Å². The van der Waals surface area contributed by atoms with Crippen molar-refractivity contribution < 1.29 is 23.5 Å². The van der Waals surface area contributed by atoms with Crippen LogP contribution in [0.1, 0.15) is 58.9 Å². The molecule has 3 aromatic rings. The molecule has 2 aromatic heterocycles. The maximum Gasteiger partial charge on any atom is 0.316 e. The molecule has 0 amide bonds. The van der Waals surface area contributed by atoms with Crippen LogP contribution in [0.5, 0.6) is 0 Å². The van der Waals surface area contributed by atoms with E-state index in [1.807, 2.05) is 6.92 Å². The molecule has 9 atom stereocenters. The van der Waals surface area contributed by atoms with Crippen LogP contribution in [0.2, 0.25) is 0 Å². The molecule has 4 heterocycles. The standard InChI is InChI=1S/C35H37NO5/c1-7-25-34(4)26(37)11-14-33(3)30(34)29(41-32(33)38)31-35(25,5)27-18(2)22(17-24(27)40-31)21-13-16-39-28(21)20-9-8-10-23-19(20)12-15-36(23)6/h8-16,22,24-25,29-31H,7,17H2,1-6H3/t22-,24-,25-,29-,30+,31-,33-,34+,35-/m1/s1. The van der Waals surface area contributed by atoms with E-state index in [1.165, 1.54) is 27.6 Å². The highest BCUT2D eigenvalue weighted by atomic mass is 16.6. The van der Waals surface area contributed by atoms with Crippen molar-refractivity contribution in [3.8, 4) is 11.3 Å². The van der Waals surface area contributed by atoms with E-state index in [2.05, 4.69) is 75.8 Å². The number of furan rings is 1. The van der Waals surface area contributed by atoms with E-state index in [0.717, 1.165) is 24.2 Å². The van der Waals surface area contributed by atoms with Gasteiger partial charge in [-0.3, -0.25) is 9.59 Å². The van der Waals surface area contributed by atoms with Crippen molar-refractivity contribution in [1.82, 2.24) is 4.57 Å². The van der Waals surface area contributed by atoms with Gasteiger partial charge in [-0.25, -0.2) is 0 Å². The molecule has 2 saturated heterocycles. The summed E-state index contributed by atoms with van der Waals surface area (Å²) in [6.45, 7) is 10.7. The number of fused-ring (bicyclic) bond motifs is 5. The fraction of sp³-hybridized carbons (Fsp3) is 0.486. The Morgan fingerprint density at radius 1 is 1.07 bits per heavy atom. The number of carbonyl (C=O) groups is 2. The van der Waals surface area contributed by atoms with Crippen LogP contribution in [0.4, 0.5) is 0 Å². The average molecular weight is 552 g/mol. The molecule has 212 valence electrons. The number of ketones is 1. The number of benzene rings is 1. The Labute approximate surface area is 240 Å². The van der Waals surface area contributed by atoms with Crippen LogP contribution in [0.3, 0.4) is 0 Å². The van der Waals surface area contributed by atoms with Gasteiger partial charge in [-0.15, -0.1) is 0 Å². The van der Waals surface area contributed by atoms with E-state index in [0.29, 0.717) is 0 Å². The van der Waals surface area contributed by atoms with E-state index >= 15 is 0 Å². The predicted molar refractivity (Wildman–Crippen MR) is 155 cm³/mol. The molecule has 0 N–H and O–H groups in total. The van der Waals surface area contributed by atoms with Gasteiger partial charge < -0.3 is 18.5 Å². The maximum absolute atomic E-state index is 13.8. The maximum atomic E-state index is 13.8. The Balaban J connectivity index is 1.27. The van der Waals surface area contributed by atoms with Gasteiger partial charge >= 0.3 is 5.97 Å². The lowest BCUT2D eigenvalue weighted by Gasteiger charge is -2.59. The number of aryl methyl sites for hydroxylation is 1. The molecule has 3 fully saturated rings. The van der Waals surface area contributed by atoms with Crippen molar-refractivity contribution in [2.24, 2.45) is 35.1 Å². The second kappa shape index (κ2) is 7.91. The third-order valence-corrected chi connectivity index (χ3v) is 12.0. The van der Waals surface area contributed by atoms with Crippen LogP contribution < -0.4 is 0 Å². The first-order valence-electron chi connectivity index (χ1n) is 15.0. The molecule has 8 rings (SSSR count). The topological polar surface area (TPSA) is 70.7 Å². The molecular weight excluding hydrogens is 514 g/mol. The molecule has 6 nitrogen and oxygen atoms in total. The van der Waals surface area contributed by atoms with Gasteiger partial charge in [0, 0.05) is 57.9 Å². The van der Waals surface area contributed by atoms with Gasteiger partial charge in [0.1, 0.15) is 18.0 Å². The number of hydrogen-bond donors (Lipinski definition) is 0. The highest BCUT2D eigenvalue weighted by molar-refractivity contribution is 6.00. The lowest BCUT2D eigenvalue weighted by atomic mass is 9.42. The van der Waals surface area contributed by atoms with Crippen molar-refractivity contribution in [2.75, 3.05) is 0 Å². The zero-order valence-corrected chi connectivity index (χ0v) is 24.6. The Morgan fingerprint density at radius 3 is 2.66 bits per heavy atom. The summed E-state index contributed by atoms with van der Waals surface area (Å²) in [4.78, 5) is 27.2. The highest BCUT2D eigenvalue weighted by Crippen LogP contribution is 2.72. The molecule has 2 aliphatic heterocycles. The van der Waals surface area contributed by atoms with Crippen LogP contribution in [0.15, 0.2) is 70.5 Å². The SMILES string of the molecule is CC[C@H]1[C@]2(C)C3=C(C)[C@H](c4ccoc4-c4cccc5c4ccn5C)C[C@H]3O[C@@H]2[C@@H]2OC(=O)[C@]3(C)C=CC(=O)[C@@]1(C)[C@@H]23. The zero-order valence-electron chi connectivity index (χ0n) is 24.6. The normalized spacial score (nSPS) is 40.7. The number of nitrogens with zero attached hydrogens (tertiary/aromatic N) is 1. The van der Waals surface area contributed by atoms with Gasteiger partial charge in [0.15, 0.2) is 5.78 Å². The van der Waals surface area contributed by atoms with Gasteiger partial charge in [0.05, 0.1) is 17.8 Å². The van der Waals surface area contributed by atoms with Crippen molar-refractivity contribution >= 4 is 22.7 Å². The molecule has 0 spiro atoms. The van der Waals surface area contributed by atoms with Gasteiger partial charge in [-0.2, -0.15) is 0 Å². The van der Waals surface area contributed by atoms with E-state index in [9.17, 15) is 9.59 Å². The van der Waals surface area contributed by atoms with Crippen molar-refractivity contribution in [3.63, 3.8) is 0 Å². The summed E-state index contributed by atoms with van der Waals surface area (Å²) in [7, 11) is 2.06. The summed E-state index contributed by atoms with van der Waals surface area (Å²) in [5, 5.41) is 1.17. The van der Waals surface area contributed by atoms with Gasteiger partial charge in [0.25, 0.3) is 0 Å². The summed E-state index contributed by atoms with van der Waals surface area (Å²) in [5.74, 6) is 0.711. The van der Waals surface area contributed by atoms with Crippen LogP contribution in [-0.2, 0) is 26.1 Å². The minimum atomic E-state index is -0.806. The second-order valence-electron chi connectivity index (χ2n) is 13.7. The van der Waals surface area contributed by atoms with Gasteiger partial charge in [-0.1, -0.05) is 51.0 Å². The Kier molecular flexibility index (Phi) is 4.89. The molecule has 1 aromatic carbocycles. The summed E-state index contributed by atoms with van der Waals surface area (Å²) in [6, 6.07) is 10.6. The van der Waals surface area contributed by atoms with Crippen LogP contribution in [0, 0.1) is 28.1 Å². The number of rotatable bonds is 3. The Hall–Kier alpha value is -3.38. The lowest BCUT2D eigenvalue weighted by molar-refractivity contribution is -0.186. The van der Waals surface area contributed by atoms with E-state index in [1.54, 1.807) is 18.4 Å². The average Bonchev–Trinajstić information content (AvgIpc) is 3.74. The first-order chi connectivity index (χ1) is 19.6. The van der Waals surface area contributed by atoms with Gasteiger partial charge in [-0.05, 0) is 56.0 Å². The fourth-order valence-corrected chi connectivity index (χ4v) is 10.4. The summed E-state index contributed by atoms with van der Waals surface area (Å²) < 4.78 is 21.5. The lowest BCUT2D eigenvalue weighted by Crippen LogP contribution is -2.65. The molecular formula is C35H37NO5. The monoisotopic (exact) mass is 551 g/mol. The van der Waals surface area contributed by atoms with Crippen molar-refractivity contribution in [1.29, 1.82) is 0 Å². The third-order valence-electron chi connectivity index (χ3n) is 12.0. The Morgan fingerprint density at radius 2 is 1.88 bits per heavy atom. The number of hydrogen-bond acceptors (Lipinski definition) is 5. The van der Waals surface area contributed by atoms with Crippen LogP contribution in [0.25, 0.3) is 22.2 Å². The quantitative estimate of drug-likeness (QED) is 0.266. The predicted octanol–water partition coefficient (Wildman–Crippen LogP) is 6.75. The smallest absolute Gasteiger partial charge is 0.316 e. The number of aromatic nitrogens is 1. The third kappa shape index (κ3) is 2.78. The fourth-order valence-electron chi connectivity index (χ4n) is 10.4. The molecule has 0 bridgehead atoms. The zero-order chi connectivity index (χ0) is 28.6. The van der Waals surface area contributed by atoms with E-state index in [4.69, 9.17) is 13.9 Å². The minimum Gasteiger partial charge on any atom is -0.464 e. The number of allylic oxidation sites excluding steroid dienone is 2. The molecule has 41 heavy (non-hydrogen) atoms. The first kappa shape index (κ1) is 25.3.